The van der Waals surface area contributed by atoms with Crippen molar-refractivity contribution in [2.45, 2.75) is 46.0 Å². The Morgan fingerprint density at radius 3 is 2.68 bits per heavy atom. The van der Waals surface area contributed by atoms with Crippen molar-refractivity contribution in [1.82, 2.24) is 9.88 Å². The highest BCUT2D eigenvalue weighted by molar-refractivity contribution is 7.13. The first-order chi connectivity index (χ1) is 10.4. The van der Waals surface area contributed by atoms with Crippen molar-refractivity contribution in [2.24, 2.45) is 17.1 Å². The van der Waals surface area contributed by atoms with Crippen molar-refractivity contribution in [3.8, 4) is 0 Å². The molecular formula is C16H23N3O2S. The van der Waals surface area contributed by atoms with Crippen molar-refractivity contribution in [2.75, 3.05) is 13.1 Å². The average molecular weight is 321 g/mol. The van der Waals surface area contributed by atoms with Gasteiger partial charge in [-0.15, -0.1) is 11.3 Å². The van der Waals surface area contributed by atoms with Crippen LogP contribution in [0.3, 0.4) is 0 Å². The van der Waals surface area contributed by atoms with Gasteiger partial charge in [0, 0.05) is 13.1 Å². The first kappa shape index (κ1) is 15.5. The summed E-state index contributed by atoms with van der Waals surface area (Å²) in [5.74, 6) is 0.383. The molecule has 2 N–H and O–H groups in total. The van der Waals surface area contributed by atoms with Crippen molar-refractivity contribution < 1.29 is 9.59 Å². The summed E-state index contributed by atoms with van der Waals surface area (Å²) in [6.07, 6.45) is 4.88. The number of primary amides is 1. The van der Waals surface area contributed by atoms with Crippen molar-refractivity contribution in [3.63, 3.8) is 0 Å². The van der Waals surface area contributed by atoms with Gasteiger partial charge in [-0.2, -0.15) is 0 Å². The number of rotatable bonds is 4. The monoisotopic (exact) mass is 321 g/mol. The molecule has 1 atom stereocenters. The van der Waals surface area contributed by atoms with Gasteiger partial charge in [-0.25, -0.2) is 4.98 Å². The van der Waals surface area contributed by atoms with Crippen LogP contribution in [-0.2, 0) is 4.79 Å². The normalized spacial score (nSPS) is 25.3. The van der Waals surface area contributed by atoms with E-state index in [0.29, 0.717) is 23.9 Å². The predicted molar refractivity (Wildman–Crippen MR) is 85.7 cm³/mol. The lowest BCUT2D eigenvalue weighted by Gasteiger charge is -2.40. The van der Waals surface area contributed by atoms with E-state index >= 15 is 0 Å². The molecule has 5 nitrogen and oxygen atoms in total. The molecule has 0 spiro atoms. The first-order valence-electron chi connectivity index (χ1n) is 7.94. The van der Waals surface area contributed by atoms with Crippen molar-refractivity contribution in [1.29, 1.82) is 0 Å². The molecule has 2 amide bonds. The predicted octanol–water partition coefficient (Wildman–Crippen LogP) is 2.27. The number of nitrogens with two attached hydrogens (primary N) is 1. The fourth-order valence-electron chi connectivity index (χ4n) is 3.52. The lowest BCUT2D eigenvalue weighted by Crippen LogP contribution is -2.52. The summed E-state index contributed by atoms with van der Waals surface area (Å²) >= 11 is 1.43. The third-order valence-corrected chi connectivity index (χ3v) is 5.92. The van der Waals surface area contributed by atoms with E-state index in [1.165, 1.54) is 24.2 Å². The number of nitrogens with zero attached hydrogens (tertiary/aromatic N) is 2. The van der Waals surface area contributed by atoms with E-state index in [1.807, 2.05) is 18.7 Å². The number of aromatic nitrogens is 1. The van der Waals surface area contributed by atoms with Crippen LogP contribution < -0.4 is 5.73 Å². The second kappa shape index (κ2) is 5.65. The van der Waals surface area contributed by atoms with Gasteiger partial charge in [0.25, 0.3) is 5.91 Å². The van der Waals surface area contributed by atoms with Gasteiger partial charge in [-0.05, 0) is 39.0 Å². The number of thiazole rings is 1. The van der Waals surface area contributed by atoms with Gasteiger partial charge in [0.1, 0.15) is 4.88 Å². The van der Waals surface area contributed by atoms with Crippen LogP contribution in [0.15, 0.2) is 0 Å². The summed E-state index contributed by atoms with van der Waals surface area (Å²) in [6, 6.07) is 0. The summed E-state index contributed by atoms with van der Waals surface area (Å²) < 4.78 is 0. The van der Waals surface area contributed by atoms with Gasteiger partial charge in [0.15, 0.2) is 0 Å². The maximum absolute atomic E-state index is 12.8. The molecule has 2 heterocycles. The maximum Gasteiger partial charge on any atom is 0.265 e. The van der Waals surface area contributed by atoms with Crippen LogP contribution in [-0.4, -0.2) is 34.8 Å². The highest BCUT2D eigenvalue weighted by atomic mass is 32.1. The van der Waals surface area contributed by atoms with E-state index in [4.69, 9.17) is 5.73 Å². The number of likely N-dealkylation sites (tertiary alicyclic amines) is 1. The molecule has 3 rings (SSSR count). The molecule has 1 aromatic rings. The Hall–Kier alpha value is -1.43. The third-order valence-electron chi connectivity index (χ3n) is 4.86. The van der Waals surface area contributed by atoms with Crippen molar-refractivity contribution in [3.05, 3.63) is 15.6 Å². The topological polar surface area (TPSA) is 76.3 Å². The highest BCUT2D eigenvalue weighted by Gasteiger charge is 2.45. The molecule has 6 heteroatoms. The summed E-state index contributed by atoms with van der Waals surface area (Å²) in [7, 11) is 0. The molecule has 1 aromatic heterocycles. The number of carbonyl (C=O) groups excluding carboxylic acids is 2. The molecule has 0 radical (unpaired) electrons. The van der Waals surface area contributed by atoms with Crippen LogP contribution in [0.1, 0.15) is 52.5 Å². The van der Waals surface area contributed by atoms with Gasteiger partial charge >= 0.3 is 0 Å². The standard InChI is InChI=1S/C16H23N3O2S/c1-10-13(22-11(2)18-10)14(20)19-7-3-6-16(9-19,15(17)21)8-12-4-5-12/h12H,3-9H2,1-2H3,(H2,17,21). The van der Waals surface area contributed by atoms with Crippen molar-refractivity contribution >= 4 is 23.2 Å². The molecular weight excluding hydrogens is 298 g/mol. The van der Waals surface area contributed by atoms with Gasteiger partial charge in [-0.1, -0.05) is 12.8 Å². The maximum atomic E-state index is 12.8. The number of piperidine rings is 1. The SMILES string of the molecule is Cc1nc(C)c(C(=O)N2CCCC(CC3CC3)(C(N)=O)C2)s1. The van der Waals surface area contributed by atoms with E-state index in [0.717, 1.165) is 30.0 Å². The van der Waals surface area contributed by atoms with Gasteiger partial charge in [-0.3, -0.25) is 9.59 Å². The molecule has 1 aliphatic carbocycles. The fraction of sp³-hybridized carbons (Fsp3) is 0.688. The minimum atomic E-state index is -0.525. The minimum Gasteiger partial charge on any atom is -0.369 e. The summed E-state index contributed by atoms with van der Waals surface area (Å²) in [5, 5.41) is 0.900. The van der Waals surface area contributed by atoms with E-state index < -0.39 is 5.41 Å². The Bertz CT molecular complexity index is 609. The third kappa shape index (κ3) is 2.89. The summed E-state index contributed by atoms with van der Waals surface area (Å²) in [6.45, 7) is 4.95. The van der Waals surface area contributed by atoms with Crippen LogP contribution in [0.2, 0.25) is 0 Å². The molecule has 0 bridgehead atoms. The van der Waals surface area contributed by atoms with Gasteiger partial charge in [0.2, 0.25) is 5.91 Å². The Balaban J connectivity index is 1.80. The van der Waals surface area contributed by atoms with Gasteiger partial charge in [0.05, 0.1) is 16.1 Å². The Labute approximate surface area is 134 Å². The molecule has 2 aliphatic rings. The average Bonchev–Trinajstić information content (AvgIpc) is 3.21. The largest absolute Gasteiger partial charge is 0.369 e. The van der Waals surface area contributed by atoms with E-state index in [9.17, 15) is 9.59 Å². The lowest BCUT2D eigenvalue weighted by atomic mass is 9.75. The zero-order valence-corrected chi connectivity index (χ0v) is 14.0. The summed E-state index contributed by atoms with van der Waals surface area (Å²) in [5.41, 5.74) is 5.98. The van der Waals surface area contributed by atoms with E-state index in [-0.39, 0.29) is 11.8 Å². The Kier molecular flexibility index (Phi) is 3.97. The molecule has 120 valence electrons. The number of aryl methyl sites for hydroxylation is 2. The van der Waals surface area contributed by atoms with E-state index in [1.54, 1.807) is 0 Å². The lowest BCUT2D eigenvalue weighted by molar-refractivity contribution is -0.131. The van der Waals surface area contributed by atoms with E-state index in [2.05, 4.69) is 4.98 Å². The molecule has 1 aliphatic heterocycles. The summed E-state index contributed by atoms with van der Waals surface area (Å²) in [4.78, 5) is 31.7. The minimum absolute atomic E-state index is 0.00391. The molecule has 22 heavy (non-hydrogen) atoms. The molecule has 1 saturated carbocycles. The fourth-order valence-corrected chi connectivity index (χ4v) is 4.41. The zero-order valence-electron chi connectivity index (χ0n) is 13.2. The van der Waals surface area contributed by atoms with Crippen LogP contribution >= 0.6 is 11.3 Å². The zero-order chi connectivity index (χ0) is 15.9. The second-order valence-corrected chi connectivity index (χ2v) is 7.97. The molecule has 2 fully saturated rings. The molecule has 1 unspecified atom stereocenters. The van der Waals surface area contributed by atoms with Crippen LogP contribution in [0, 0.1) is 25.2 Å². The number of amides is 2. The number of hydrogen-bond acceptors (Lipinski definition) is 4. The molecule has 1 saturated heterocycles. The Morgan fingerprint density at radius 2 is 2.14 bits per heavy atom. The number of hydrogen-bond donors (Lipinski definition) is 1. The molecule has 0 aromatic carbocycles. The van der Waals surface area contributed by atoms with Crippen LogP contribution in [0.25, 0.3) is 0 Å². The smallest absolute Gasteiger partial charge is 0.265 e. The van der Waals surface area contributed by atoms with Gasteiger partial charge < -0.3 is 10.6 Å². The van der Waals surface area contributed by atoms with Crippen LogP contribution in [0.4, 0.5) is 0 Å². The highest BCUT2D eigenvalue weighted by Crippen LogP contribution is 2.44. The Morgan fingerprint density at radius 1 is 1.41 bits per heavy atom. The first-order valence-corrected chi connectivity index (χ1v) is 8.76. The second-order valence-electron chi connectivity index (χ2n) is 6.77. The quantitative estimate of drug-likeness (QED) is 0.924. The van der Waals surface area contributed by atoms with Crippen LogP contribution in [0.5, 0.6) is 0 Å². The number of carbonyl (C=O) groups is 2.